The Balaban J connectivity index is 1.85. The molecule has 0 aromatic heterocycles. The molecular formula is C15H24N2O3. The number of hydrogen-bond donors (Lipinski definition) is 1. The van der Waals surface area contributed by atoms with Crippen LogP contribution in [0.4, 0.5) is 4.79 Å². The Hall–Kier alpha value is -1.52. The number of nitrogens with one attached hydrogen (secondary N) is 1. The summed E-state index contributed by atoms with van der Waals surface area (Å²) in [5.74, 6) is -0.102. The molecule has 2 amide bonds. The third-order valence-corrected chi connectivity index (χ3v) is 4.26. The van der Waals surface area contributed by atoms with Gasteiger partial charge < -0.3 is 15.0 Å². The first-order valence-electron chi connectivity index (χ1n) is 7.41. The molecule has 112 valence electrons. The predicted octanol–water partition coefficient (Wildman–Crippen LogP) is 1.94. The third kappa shape index (κ3) is 3.52. The van der Waals surface area contributed by atoms with Gasteiger partial charge in [0.25, 0.3) is 0 Å². The normalized spacial score (nSPS) is 29.9. The average Bonchev–Trinajstić information content (AvgIpc) is 2.47. The summed E-state index contributed by atoms with van der Waals surface area (Å²) < 4.78 is 4.81. The van der Waals surface area contributed by atoms with Gasteiger partial charge in [0.15, 0.2) is 0 Å². The fourth-order valence-corrected chi connectivity index (χ4v) is 3.01. The van der Waals surface area contributed by atoms with Crippen molar-refractivity contribution in [2.75, 3.05) is 20.2 Å². The summed E-state index contributed by atoms with van der Waals surface area (Å²) in [6, 6.07) is 0.140. The van der Waals surface area contributed by atoms with Crippen LogP contribution in [0.25, 0.3) is 0 Å². The molecule has 1 heterocycles. The second-order valence-corrected chi connectivity index (χ2v) is 5.76. The van der Waals surface area contributed by atoms with Crippen molar-refractivity contribution in [2.24, 2.45) is 11.8 Å². The van der Waals surface area contributed by atoms with E-state index in [-0.39, 0.29) is 29.9 Å². The third-order valence-electron chi connectivity index (χ3n) is 4.26. The zero-order chi connectivity index (χ0) is 14.5. The Labute approximate surface area is 120 Å². The summed E-state index contributed by atoms with van der Waals surface area (Å²) in [7, 11) is 1.42. The van der Waals surface area contributed by atoms with Gasteiger partial charge in [0, 0.05) is 19.1 Å². The maximum atomic E-state index is 12.2. The van der Waals surface area contributed by atoms with Gasteiger partial charge in [-0.05, 0) is 31.6 Å². The number of ether oxygens (including phenoxy) is 1. The number of nitrogens with zero attached hydrogens (tertiary/aromatic N) is 1. The number of rotatable bonds is 2. The van der Waals surface area contributed by atoms with Gasteiger partial charge in [0.05, 0.1) is 13.0 Å². The number of piperidine rings is 1. The molecule has 1 N–H and O–H groups in total. The number of methoxy groups -OCH3 is 1. The van der Waals surface area contributed by atoms with Gasteiger partial charge in [-0.25, -0.2) is 4.79 Å². The summed E-state index contributed by atoms with van der Waals surface area (Å²) in [6.45, 7) is 3.23. The van der Waals surface area contributed by atoms with E-state index >= 15 is 0 Å². The van der Waals surface area contributed by atoms with Crippen LogP contribution in [0.2, 0.25) is 0 Å². The SMILES string of the molecule is COC(=O)[C@@H]1CCN(C(=O)N[C@H]2C=CCCC2)C[C@H]1C. The summed E-state index contributed by atoms with van der Waals surface area (Å²) in [5.41, 5.74) is 0. The lowest BCUT2D eigenvalue weighted by Crippen LogP contribution is -2.51. The number of carbonyl (C=O) groups excluding carboxylic acids is 2. The largest absolute Gasteiger partial charge is 0.469 e. The van der Waals surface area contributed by atoms with Crippen LogP contribution < -0.4 is 5.32 Å². The van der Waals surface area contributed by atoms with Gasteiger partial charge >= 0.3 is 12.0 Å². The molecule has 0 aromatic carbocycles. The maximum Gasteiger partial charge on any atom is 0.317 e. The first-order valence-corrected chi connectivity index (χ1v) is 7.41. The zero-order valence-electron chi connectivity index (χ0n) is 12.3. The minimum Gasteiger partial charge on any atom is -0.469 e. The van der Waals surface area contributed by atoms with Crippen LogP contribution in [0.15, 0.2) is 12.2 Å². The highest BCUT2D eigenvalue weighted by molar-refractivity contribution is 5.76. The molecule has 5 heteroatoms. The van der Waals surface area contributed by atoms with Crippen molar-refractivity contribution in [3.05, 3.63) is 12.2 Å². The topological polar surface area (TPSA) is 58.6 Å². The number of esters is 1. The summed E-state index contributed by atoms with van der Waals surface area (Å²) in [4.78, 5) is 25.7. The number of hydrogen-bond acceptors (Lipinski definition) is 3. The number of amides is 2. The van der Waals surface area contributed by atoms with E-state index in [1.165, 1.54) is 7.11 Å². The highest BCUT2D eigenvalue weighted by Gasteiger charge is 2.34. The second kappa shape index (κ2) is 6.77. The monoisotopic (exact) mass is 280 g/mol. The van der Waals surface area contributed by atoms with Crippen molar-refractivity contribution < 1.29 is 14.3 Å². The van der Waals surface area contributed by atoms with Crippen LogP contribution in [-0.4, -0.2) is 43.1 Å². The van der Waals surface area contributed by atoms with Crippen LogP contribution in [0.3, 0.4) is 0 Å². The van der Waals surface area contributed by atoms with Gasteiger partial charge in [0.2, 0.25) is 0 Å². The summed E-state index contributed by atoms with van der Waals surface area (Å²) >= 11 is 0. The molecule has 1 fully saturated rings. The number of allylic oxidation sites excluding steroid dienone is 1. The Morgan fingerprint density at radius 2 is 2.15 bits per heavy atom. The smallest absolute Gasteiger partial charge is 0.317 e. The van der Waals surface area contributed by atoms with Crippen LogP contribution >= 0.6 is 0 Å². The van der Waals surface area contributed by atoms with E-state index in [0.717, 1.165) is 19.3 Å². The van der Waals surface area contributed by atoms with Crippen LogP contribution in [0, 0.1) is 11.8 Å². The molecular weight excluding hydrogens is 256 g/mol. The van der Waals surface area contributed by atoms with E-state index in [1.54, 1.807) is 0 Å². The number of carbonyl (C=O) groups is 2. The molecule has 0 spiro atoms. The molecule has 3 atom stereocenters. The molecule has 0 bridgehead atoms. The van der Waals surface area contributed by atoms with Gasteiger partial charge in [-0.3, -0.25) is 4.79 Å². The predicted molar refractivity (Wildman–Crippen MR) is 76.2 cm³/mol. The minimum absolute atomic E-state index is 0.0169. The molecule has 2 rings (SSSR count). The Kier molecular flexibility index (Phi) is 5.04. The average molecular weight is 280 g/mol. The van der Waals surface area contributed by atoms with Crippen molar-refractivity contribution >= 4 is 12.0 Å². The van der Waals surface area contributed by atoms with Gasteiger partial charge in [-0.15, -0.1) is 0 Å². The molecule has 0 radical (unpaired) electrons. The lowest BCUT2D eigenvalue weighted by Gasteiger charge is -2.36. The molecule has 1 aliphatic carbocycles. The second-order valence-electron chi connectivity index (χ2n) is 5.76. The molecule has 1 aliphatic heterocycles. The molecule has 5 nitrogen and oxygen atoms in total. The van der Waals surface area contributed by atoms with Crippen molar-refractivity contribution in [1.29, 1.82) is 0 Å². The van der Waals surface area contributed by atoms with Crippen LogP contribution in [0.1, 0.15) is 32.6 Å². The summed E-state index contributed by atoms with van der Waals surface area (Å²) in [6.07, 6.45) is 8.13. The molecule has 0 aromatic rings. The van der Waals surface area contributed by atoms with E-state index < -0.39 is 0 Å². The first kappa shape index (κ1) is 14.9. The van der Waals surface area contributed by atoms with Crippen molar-refractivity contribution in [3.63, 3.8) is 0 Å². The highest BCUT2D eigenvalue weighted by atomic mass is 16.5. The minimum atomic E-state index is -0.159. The molecule has 2 aliphatic rings. The molecule has 20 heavy (non-hydrogen) atoms. The Bertz CT molecular complexity index is 395. The van der Waals surface area contributed by atoms with E-state index in [2.05, 4.69) is 17.5 Å². The standard InChI is InChI=1S/C15H24N2O3/c1-11-10-17(9-8-13(11)14(18)20-2)15(19)16-12-6-4-3-5-7-12/h4,6,11-13H,3,5,7-10H2,1-2H3,(H,16,19)/t11-,12+,13-/m1/s1. The van der Waals surface area contributed by atoms with Crippen molar-refractivity contribution in [2.45, 2.75) is 38.6 Å². The molecule has 0 unspecified atom stereocenters. The van der Waals surface area contributed by atoms with Crippen LogP contribution in [-0.2, 0) is 9.53 Å². The fourth-order valence-electron chi connectivity index (χ4n) is 3.01. The quantitative estimate of drug-likeness (QED) is 0.621. The highest BCUT2D eigenvalue weighted by Crippen LogP contribution is 2.24. The van der Waals surface area contributed by atoms with E-state index in [1.807, 2.05) is 11.8 Å². The molecule has 0 saturated carbocycles. The summed E-state index contributed by atoms with van der Waals surface area (Å²) in [5, 5.41) is 3.05. The van der Waals surface area contributed by atoms with Gasteiger partial charge in [0.1, 0.15) is 0 Å². The maximum absolute atomic E-state index is 12.2. The van der Waals surface area contributed by atoms with Crippen molar-refractivity contribution in [1.82, 2.24) is 10.2 Å². The lowest BCUT2D eigenvalue weighted by atomic mass is 9.87. The van der Waals surface area contributed by atoms with Gasteiger partial charge in [-0.1, -0.05) is 19.1 Å². The van der Waals surface area contributed by atoms with Gasteiger partial charge in [-0.2, -0.15) is 0 Å². The zero-order valence-corrected chi connectivity index (χ0v) is 12.3. The number of urea groups is 1. The Morgan fingerprint density at radius 1 is 1.35 bits per heavy atom. The van der Waals surface area contributed by atoms with Crippen molar-refractivity contribution in [3.8, 4) is 0 Å². The van der Waals surface area contributed by atoms with E-state index in [9.17, 15) is 9.59 Å². The molecule has 1 saturated heterocycles. The number of likely N-dealkylation sites (tertiary alicyclic amines) is 1. The fraction of sp³-hybridized carbons (Fsp3) is 0.733. The first-order chi connectivity index (χ1) is 9.61. The van der Waals surface area contributed by atoms with E-state index in [0.29, 0.717) is 19.5 Å². The lowest BCUT2D eigenvalue weighted by molar-refractivity contribution is -0.148. The van der Waals surface area contributed by atoms with E-state index in [4.69, 9.17) is 4.74 Å². The Morgan fingerprint density at radius 3 is 2.75 bits per heavy atom. The van der Waals surface area contributed by atoms with Crippen LogP contribution in [0.5, 0.6) is 0 Å².